The molecule has 1 aliphatic carbocycles. The van der Waals surface area contributed by atoms with Crippen LogP contribution in [-0.2, 0) is 13.1 Å². The molecule has 1 aliphatic rings. The molecule has 7 heteroatoms. The third-order valence-corrected chi connectivity index (χ3v) is 7.29. The second-order valence-electron chi connectivity index (χ2n) is 9.90. The van der Waals surface area contributed by atoms with E-state index in [1.165, 1.54) is 24.0 Å². The number of rotatable bonds is 8. The number of nitrogens with one attached hydrogen (secondary N) is 1. The predicted molar refractivity (Wildman–Crippen MR) is 138 cm³/mol. The van der Waals surface area contributed by atoms with Gasteiger partial charge in [-0.25, -0.2) is 4.68 Å². The van der Waals surface area contributed by atoms with Crippen LogP contribution in [0.15, 0.2) is 53.3 Å². The van der Waals surface area contributed by atoms with Crippen molar-refractivity contribution < 1.29 is 0 Å². The van der Waals surface area contributed by atoms with Crippen LogP contribution in [0.4, 0.5) is 0 Å². The van der Waals surface area contributed by atoms with Gasteiger partial charge in [0, 0.05) is 18.7 Å². The molecule has 1 saturated carbocycles. The van der Waals surface area contributed by atoms with Gasteiger partial charge >= 0.3 is 0 Å². The highest BCUT2D eigenvalue weighted by atomic mass is 16.1. The lowest BCUT2D eigenvalue weighted by Gasteiger charge is -2.31. The summed E-state index contributed by atoms with van der Waals surface area (Å²) >= 11 is 0. The van der Waals surface area contributed by atoms with Gasteiger partial charge in [-0.2, -0.15) is 0 Å². The van der Waals surface area contributed by atoms with Crippen molar-refractivity contribution in [1.82, 2.24) is 30.1 Å². The van der Waals surface area contributed by atoms with Gasteiger partial charge in [-0.3, -0.25) is 9.69 Å². The molecule has 1 N–H and O–H groups in total. The summed E-state index contributed by atoms with van der Waals surface area (Å²) in [5, 5.41) is 14.1. The average Bonchev–Trinajstić information content (AvgIpc) is 3.53. The standard InChI is InChI=1S/C28H34N6O/c1-4-25(27-30-31-32-34(27)24-12-8-9-13-24)33(17-21-10-6-5-7-11-21)18-23-16-22-15-19(2)14-20(3)26(22)29-28(23)35/h5-7,10-11,14-16,24-25H,4,8-9,12-13,17-18H2,1-3H3,(H,29,35)/t25-/m0/s1. The van der Waals surface area contributed by atoms with Crippen LogP contribution in [0, 0.1) is 13.8 Å². The predicted octanol–water partition coefficient (Wildman–Crippen LogP) is 5.40. The monoisotopic (exact) mass is 470 g/mol. The zero-order chi connectivity index (χ0) is 24.4. The number of nitrogens with zero attached hydrogens (tertiary/aromatic N) is 5. The number of hydrogen-bond acceptors (Lipinski definition) is 5. The first kappa shape index (κ1) is 23.4. The van der Waals surface area contributed by atoms with Crippen LogP contribution in [-0.4, -0.2) is 30.1 Å². The fourth-order valence-corrected chi connectivity index (χ4v) is 5.60. The minimum atomic E-state index is -0.0345. The summed E-state index contributed by atoms with van der Waals surface area (Å²) < 4.78 is 2.05. The normalized spacial score (nSPS) is 15.3. The van der Waals surface area contributed by atoms with Crippen LogP contribution in [0.2, 0.25) is 0 Å². The zero-order valence-corrected chi connectivity index (χ0v) is 20.9. The summed E-state index contributed by atoms with van der Waals surface area (Å²) in [6.45, 7) is 7.54. The van der Waals surface area contributed by atoms with E-state index in [0.717, 1.165) is 47.1 Å². The molecule has 0 bridgehead atoms. The molecular formula is C28H34N6O. The first-order valence-corrected chi connectivity index (χ1v) is 12.7. The smallest absolute Gasteiger partial charge is 0.252 e. The molecule has 5 rings (SSSR count). The van der Waals surface area contributed by atoms with E-state index in [9.17, 15) is 4.79 Å². The Labute approximate surface area is 206 Å². The number of H-pyrrole nitrogens is 1. The molecule has 0 saturated heterocycles. The van der Waals surface area contributed by atoms with Gasteiger partial charge in [-0.15, -0.1) is 5.10 Å². The first-order valence-electron chi connectivity index (χ1n) is 12.7. The van der Waals surface area contributed by atoms with Gasteiger partial charge in [0.15, 0.2) is 5.82 Å². The van der Waals surface area contributed by atoms with Gasteiger partial charge in [0.25, 0.3) is 5.56 Å². The minimum absolute atomic E-state index is 0.000138. The number of fused-ring (bicyclic) bond motifs is 1. The van der Waals surface area contributed by atoms with Crippen molar-refractivity contribution in [3.8, 4) is 0 Å². The Hall–Kier alpha value is -3.32. The SMILES string of the molecule is CC[C@@H](c1nnnn1C1CCCC1)N(Cc1ccccc1)Cc1cc2cc(C)cc(C)c2[nH]c1=O. The van der Waals surface area contributed by atoms with E-state index in [0.29, 0.717) is 19.1 Å². The van der Waals surface area contributed by atoms with Gasteiger partial charge in [0.2, 0.25) is 0 Å². The number of tetrazole rings is 1. The molecule has 0 amide bonds. The number of pyridine rings is 1. The molecule has 1 atom stereocenters. The molecular weight excluding hydrogens is 436 g/mol. The van der Waals surface area contributed by atoms with Gasteiger partial charge in [0.1, 0.15) is 0 Å². The molecule has 4 aromatic rings. The summed E-state index contributed by atoms with van der Waals surface area (Å²) in [6, 6.07) is 17.1. The molecule has 35 heavy (non-hydrogen) atoms. The Morgan fingerprint density at radius 1 is 1.09 bits per heavy atom. The lowest BCUT2D eigenvalue weighted by molar-refractivity contribution is 0.158. The van der Waals surface area contributed by atoms with Crippen molar-refractivity contribution >= 4 is 10.9 Å². The van der Waals surface area contributed by atoms with Crippen molar-refractivity contribution in [3.63, 3.8) is 0 Å². The molecule has 0 radical (unpaired) electrons. The molecule has 0 spiro atoms. The first-order chi connectivity index (χ1) is 17.0. The fourth-order valence-electron chi connectivity index (χ4n) is 5.60. The lowest BCUT2D eigenvalue weighted by atomic mass is 10.0. The van der Waals surface area contributed by atoms with E-state index in [2.05, 4.69) is 86.4 Å². The number of aryl methyl sites for hydroxylation is 2. The Morgan fingerprint density at radius 3 is 2.60 bits per heavy atom. The van der Waals surface area contributed by atoms with E-state index in [-0.39, 0.29) is 11.6 Å². The molecule has 182 valence electrons. The van der Waals surface area contributed by atoms with E-state index in [1.807, 2.05) is 13.0 Å². The molecule has 7 nitrogen and oxygen atoms in total. The van der Waals surface area contributed by atoms with Gasteiger partial charge < -0.3 is 4.98 Å². The summed E-state index contributed by atoms with van der Waals surface area (Å²) in [5.74, 6) is 0.902. The van der Waals surface area contributed by atoms with Crippen LogP contribution in [0.3, 0.4) is 0 Å². The third-order valence-electron chi connectivity index (χ3n) is 7.29. The van der Waals surface area contributed by atoms with E-state index < -0.39 is 0 Å². The topological polar surface area (TPSA) is 79.7 Å². The fraction of sp³-hybridized carbons (Fsp3) is 0.429. The van der Waals surface area contributed by atoms with Crippen LogP contribution in [0.25, 0.3) is 10.9 Å². The summed E-state index contributed by atoms with van der Waals surface area (Å²) in [6.07, 6.45) is 5.54. The second kappa shape index (κ2) is 10.1. The minimum Gasteiger partial charge on any atom is -0.321 e. The maximum absolute atomic E-state index is 13.2. The quantitative estimate of drug-likeness (QED) is 0.373. The number of benzene rings is 2. The molecule has 0 unspecified atom stereocenters. The zero-order valence-electron chi connectivity index (χ0n) is 20.9. The second-order valence-corrected chi connectivity index (χ2v) is 9.90. The molecule has 1 fully saturated rings. The summed E-state index contributed by atoms with van der Waals surface area (Å²) in [7, 11) is 0. The largest absolute Gasteiger partial charge is 0.321 e. The molecule has 0 aliphatic heterocycles. The molecule has 2 aromatic carbocycles. The highest BCUT2D eigenvalue weighted by Crippen LogP contribution is 2.33. The van der Waals surface area contributed by atoms with Crippen molar-refractivity contribution in [3.05, 3.63) is 87.0 Å². The molecule has 2 aromatic heterocycles. The van der Waals surface area contributed by atoms with Crippen LogP contribution < -0.4 is 5.56 Å². The Bertz CT molecular complexity index is 1350. The van der Waals surface area contributed by atoms with E-state index in [4.69, 9.17) is 0 Å². The third kappa shape index (κ3) is 4.91. The molecule has 2 heterocycles. The van der Waals surface area contributed by atoms with Gasteiger partial charge in [-0.1, -0.05) is 61.7 Å². The van der Waals surface area contributed by atoms with Crippen LogP contribution in [0.5, 0.6) is 0 Å². The van der Waals surface area contributed by atoms with E-state index in [1.54, 1.807) is 0 Å². The maximum atomic E-state index is 13.2. The highest BCUT2D eigenvalue weighted by molar-refractivity contribution is 5.82. The van der Waals surface area contributed by atoms with Crippen LogP contribution >= 0.6 is 0 Å². The van der Waals surface area contributed by atoms with Gasteiger partial charge in [0.05, 0.1) is 17.6 Å². The average molecular weight is 471 g/mol. The van der Waals surface area contributed by atoms with Crippen molar-refractivity contribution in [2.75, 3.05) is 0 Å². The highest BCUT2D eigenvalue weighted by Gasteiger charge is 2.29. The van der Waals surface area contributed by atoms with E-state index >= 15 is 0 Å². The lowest BCUT2D eigenvalue weighted by Crippen LogP contribution is -2.32. The van der Waals surface area contributed by atoms with Gasteiger partial charge in [-0.05, 0) is 72.2 Å². The number of aromatic amines is 1. The van der Waals surface area contributed by atoms with Crippen LogP contribution in [0.1, 0.15) is 79.2 Å². The van der Waals surface area contributed by atoms with Crippen molar-refractivity contribution in [2.45, 2.75) is 78.0 Å². The van der Waals surface area contributed by atoms with Crippen molar-refractivity contribution in [2.24, 2.45) is 0 Å². The summed E-state index contributed by atoms with van der Waals surface area (Å²) in [5.41, 5.74) is 5.12. The van der Waals surface area contributed by atoms with Crippen molar-refractivity contribution in [1.29, 1.82) is 0 Å². The number of aromatic nitrogens is 5. The Kier molecular flexibility index (Phi) is 6.77. The summed E-state index contributed by atoms with van der Waals surface area (Å²) in [4.78, 5) is 18.7. The maximum Gasteiger partial charge on any atom is 0.252 e. The Balaban J connectivity index is 1.54. The Morgan fingerprint density at radius 2 is 1.86 bits per heavy atom. The number of hydrogen-bond donors (Lipinski definition) is 1.